The van der Waals surface area contributed by atoms with Crippen LogP contribution in [0.15, 0.2) is 60.9 Å². The summed E-state index contributed by atoms with van der Waals surface area (Å²) < 4.78 is 10.5. The van der Waals surface area contributed by atoms with Crippen LogP contribution in [0.3, 0.4) is 0 Å². The fraction of sp³-hybridized carbons (Fsp3) is 0.261. The number of methoxy groups -OCH3 is 1. The molecule has 0 bridgehead atoms. The van der Waals surface area contributed by atoms with Crippen LogP contribution in [-0.2, 0) is 0 Å². The molecule has 2 aromatic carbocycles. The zero-order valence-electron chi connectivity index (χ0n) is 18.0. The summed E-state index contributed by atoms with van der Waals surface area (Å²) >= 11 is 0. The van der Waals surface area contributed by atoms with Crippen LogP contribution < -0.4 is 20.1 Å². The van der Waals surface area contributed by atoms with Gasteiger partial charge in [-0.05, 0) is 55.6 Å². The molecule has 8 nitrogen and oxygen atoms in total. The van der Waals surface area contributed by atoms with E-state index in [1.807, 2.05) is 31.3 Å². The maximum absolute atomic E-state index is 11.8. The zero-order valence-corrected chi connectivity index (χ0v) is 18.0. The van der Waals surface area contributed by atoms with E-state index in [0.717, 1.165) is 35.7 Å². The first-order valence-electron chi connectivity index (χ1n) is 10.0. The van der Waals surface area contributed by atoms with Crippen molar-refractivity contribution >= 4 is 17.7 Å². The number of nitrogens with one attached hydrogen (secondary N) is 2. The van der Waals surface area contributed by atoms with Gasteiger partial charge in [0.1, 0.15) is 11.5 Å². The molecular formula is C23H27N5O3. The molecule has 3 rings (SSSR count). The Balaban J connectivity index is 1.51. The minimum Gasteiger partial charge on any atom is -0.497 e. The van der Waals surface area contributed by atoms with Crippen molar-refractivity contribution in [1.82, 2.24) is 20.2 Å². The minimum absolute atomic E-state index is 0.461. The number of benzene rings is 2. The minimum atomic E-state index is -0.470. The van der Waals surface area contributed by atoms with Crippen molar-refractivity contribution < 1.29 is 14.3 Å². The Hall–Kier alpha value is -3.65. The Bertz CT molecular complexity index is 960. The molecule has 0 saturated carbocycles. The highest BCUT2D eigenvalue weighted by Gasteiger charge is 2.06. The number of anilines is 2. The fourth-order valence-electron chi connectivity index (χ4n) is 2.71. The third kappa shape index (κ3) is 6.68. The third-order valence-corrected chi connectivity index (χ3v) is 4.70. The number of carbonyl (C=O) groups is 1. The SMILES string of the molecule is CCN(C)CCNC(=O)Oc1ccc(Nc2ncc(-c3ccc(OC)cc3)cn2)cc1. The van der Waals surface area contributed by atoms with Gasteiger partial charge in [0.05, 0.1) is 7.11 Å². The average molecular weight is 422 g/mol. The Morgan fingerprint density at radius 2 is 1.61 bits per heavy atom. The van der Waals surface area contributed by atoms with Gasteiger partial charge in [0.25, 0.3) is 0 Å². The highest BCUT2D eigenvalue weighted by molar-refractivity contribution is 5.70. The van der Waals surface area contributed by atoms with Crippen LogP contribution in [-0.4, -0.2) is 54.8 Å². The molecule has 1 heterocycles. The number of likely N-dealkylation sites (N-methyl/N-ethyl adjacent to an activating group) is 1. The molecule has 162 valence electrons. The van der Waals surface area contributed by atoms with Gasteiger partial charge >= 0.3 is 6.09 Å². The van der Waals surface area contributed by atoms with Gasteiger partial charge in [-0.1, -0.05) is 19.1 Å². The van der Waals surface area contributed by atoms with Gasteiger partial charge in [0.2, 0.25) is 5.95 Å². The molecule has 3 aromatic rings. The number of amides is 1. The molecule has 0 aliphatic rings. The summed E-state index contributed by atoms with van der Waals surface area (Å²) in [4.78, 5) is 22.7. The first kappa shape index (κ1) is 22.0. The summed E-state index contributed by atoms with van der Waals surface area (Å²) in [6, 6.07) is 14.7. The van der Waals surface area contributed by atoms with Gasteiger partial charge in [-0.25, -0.2) is 14.8 Å². The van der Waals surface area contributed by atoms with Crippen molar-refractivity contribution in [2.24, 2.45) is 0 Å². The molecule has 31 heavy (non-hydrogen) atoms. The van der Waals surface area contributed by atoms with Gasteiger partial charge in [0, 0.05) is 36.7 Å². The molecule has 1 amide bonds. The first-order valence-corrected chi connectivity index (χ1v) is 10.0. The van der Waals surface area contributed by atoms with Crippen LogP contribution >= 0.6 is 0 Å². The molecule has 0 radical (unpaired) electrons. The number of hydrogen-bond acceptors (Lipinski definition) is 7. The van der Waals surface area contributed by atoms with Crippen LogP contribution in [0.4, 0.5) is 16.4 Å². The van der Waals surface area contributed by atoms with Gasteiger partial charge in [0.15, 0.2) is 0 Å². The molecule has 0 spiro atoms. The average Bonchev–Trinajstić information content (AvgIpc) is 2.81. The van der Waals surface area contributed by atoms with Gasteiger partial charge in [-0.2, -0.15) is 0 Å². The second-order valence-corrected chi connectivity index (χ2v) is 6.89. The van der Waals surface area contributed by atoms with E-state index in [4.69, 9.17) is 9.47 Å². The van der Waals surface area contributed by atoms with Crippen molar-refractivity contribution in [3.05, 3.63) is 60.9 Å². The standard InChI is InChI=1S/C23H27N5O3/c1-4-28(2)14-13-24-23(29)31-21-11-7-19(8-12-21)27-22-25-15-18(16-26-22)17-5-9-20(30-3)10-6-17/h5-12,15-16H,4,13-14H2,1-3H3,(H,24,29)(H,25,26,27). The molecule has 8 heteroatoms. The number of nitrogens with zero attached hydrogens (tertiary/aromatic N) is 3. The van der Waals surface area contributed by atoms with Gasteiger partial charge < -0.3 is 25.0 Å². The lowest BCUT2D eigenvalue weighted by molar-refractivity contribution is 0.198. The summed E-state index contributed by atoms with van der Waals surface area (Å²) in [5.74, 6) is 1.74. The van der Waals surface area contributed by atoms with Crippen molar-refractivity contribution in [1.29, 1.82) is 0 Å². The largest absolute Gasteiger partial charge is 0.497 e. The summed E-state index contributed by atoms with van der Waals surface area (Å²) in [6.07, 6.45) is 3.05. The van der Waals surface area contributed by atoms with E-state index < -0.39 is 6.09 Å². The second-order valence-electron chi connectivity index (χ2n) is 6.89. The first-order chi connectivity index (χ1) is 15.1. The highest BCUT2D eigenvalue weighted by Crippen LogP contribution is 2.23. The summed E-state index contributed by atoms with van der Waals surface area (Å²) in [6.45, 7) is 4.30. The third-order valence-electron chi connectivity index (χ3n) is 4.70. The number of ether oxygens (including phenoxy) is 2. The Morgan fingerprint density at radius 3 is 2.23 bits per heavy atom. The maximum atomic E-state index is 11.8. The monoisotopic (exact) mass is 421 g/mol. The van der Waals surface area contributed by atoms with Crippen molar-refractivity contribution in [3.8, 4) is 22.6 Å². The van der Waals surface area contributed by atoms with E-state index in [1.54, 1.807) is 43.8 Å². The quantitative estimate of drug-likeness (QED) is 0.541. The predicted octanol–water partition coefficient (Wildman–Crippen LogP) is 3.94. The Labute approximate surface area is 182 Å². The molecule has 0 unspecified atom stereocenters. The number of carbonyl (C=O) groups excluding carboxylic acids is 1. The van der Waals surface area contributed by atoms with Gasteiger partial charge in [-0.15, -0.1) is 0 Å². The molecule has 0 aliphatic heterocycles. The van der Waals surface area contributed by atoms with Crippen LogP contribution in [0.25, 0.3) is 11.1 Å². The van der Waals surface area contributed by atoms with Crippen LogP contribution in [0, 0.1) is 0 Å². The summed E-state index contributed by atoms with van der Waals surface area (Å²) in [5, 5.41) is 5.86. The zero-order chi connectivity index (χ0) is 22.1. The van der Waals surface area contributed by atoms with Crippen LogP contribution in [0.1, 0.15) is 6.92 Å². The van der Waals surface area contributed by atoms with E-state index >= 15 is 0 Å². The Morgan fingerprint density at radius 1 is 0.968 bits per heavy atom. The number of rotatable bonds is 9. The lowest BCUT2D eigenvalue weighted by atomic mass is 10.1. The molecule has 0 atom stereocenters. The van der Waals surface area contributed by atoms with Crippen LogP contribution in [0.5, 0.6) is 11.5 Å². The smallest absolute Gasteiger partial charge is 0.412 e. The summed E-state index contributed by atoms with van der Waals surface area (Å²) in [5.41, 5.74) is 2.70. The normalized spacial score (nSPS) is 10.6. The molecule has 2 N–H and O–H groups in total. The maximum Gasteiger partial charge on any atom is 0.412 e. The van der Waals surface area contributed by atoms with Crippen molar-refractivity contribution in [2.75, 3.05) is 39.1 Å². The second kappa shape index (κ2) is 10.9. The highest BCUT2D eigenvalue weighted by atomic mass is 16.6. The van der Waals surface area contributed by atoms with Gasteiger partial charge in [-0.3, -0.25) is 0 Å². The molecular weight excluding hydrogens is 394 g/mol. The topological polar surface area (TPSA) is 88.6 Å². The van der Waals surface area contributed by atoms with Crippen molar-refractivity contribution in [2.45, 2.75) is 6.92 Å². The summed E-state index contributed by atoms with van der Waals surface area (Å²) in [7, 11) is 3.63. The fourth-order valence-corrected chi connectivity index (χ4v) is 2.71. The Kier molecular flexibility index (Phi) is 7.78. The number of aromatic nitrogens is 2. The number of hydrogen-bond donors (Lipinski definition) is 2. The lowest BCUT2D eigenvalue weighted by Gasteiger charge is -2.14. The van der Waals surface area contributed by atoms with E-state index in [9.17, 15) is 4.79 Å². The molecule has 0 fully saturated rings. The van der Waals surface area contributed by atoms with E-state index in [0.29, 0.717) is 18.2 Å². The predicted molar refractivity (Wildman–Crippen MR) is 121 cm³/mol. The van der Waals surface area contributed by atoms with E-state index in [1.165, 1.54) is 0 Å². The molecule has 0 saturated heterocycles. The van der Waals surface area contributed by atoms with Crippen LogP contribution in [0.2, 0.25) is 0 Å². The van der Waals surface area contributed by atoms with Crippen molar-refractivity contribution in [3.63, 3.8) is 0 Å². The lowest BCUT2D eigenvalue weighted by Crippen LogP contribution is -2.34. The molecule has 0 aliphatic carbocycles. The van der Waals surface area contributed by atoms with E-state index in [-0.39, 0.29) is 0 Å². The molecule has 1 aromatic heterocycles. The van der Waals surface area contributed by atoms with E-state index in [2.05, 4.69) is 32.4 Å².